The lowest BCUT2D eigenvalue weighted by atomic mass is 10.1. The van der Waals surface area contributed by atoms with Crippen LogP contribution < -0.4 is 0 Å². The third kappa shape index (κ3) is 4.37. The molecule has 5 nitrogen and oxygen atoms in total. The van der Waals surface area contributed by atoms with Crippen molar-refractivity contribution in [2.45, 2.75) is 26.9 Å². The van der Waals surface area contributed by atoms with E-state index >= 15 is 0 Å². The average Bonchev–Trinajstić information content (AvgIpc) is 2.34. The number of hydrogen-bond donors (Lipinski definition) is 0. The molecular weight excluding hydrogens is 234 g/mol. The van der Waals surface area contributed by atoms with Gasteiger partial charge in [-0.1, -0.05) is 35.5 Å². The third-order valence-electron chi connectivity index (χ3n) is 2.08. The summed E-state index contributed by atoms with van der Waals surface area (Å²) >= 11 is 0. The van der Waals surface area contributed by atoms with Crippen LogP contribution in [-0.2, 0) is 19.2 Å². The van der Waals surface area contributed by atoms with E-state index in [2.05, 4.69) is 9.99 Å². The lowest BCUT2D eigenvalue weighted by Crippen LogP contribution is -2.17. The lowest BCUT2D eigenvalue weighted by molar-refractivity contribution is -0.143. The molecule has 0 saturated carbocycles. The first kappa shape index (κ1) is 13.9. The van der Waals surface area contributed by atoms with Crippen LogP contribution >= 0.6 is 0 Å². The minimum absolute atomic E-state index is 0.395. The van der Waals surface area contributed by atoms with E-state index in [-0.39, 0.29) is 0 Å². The Bertz CT molecular complexity index is 453. The number of ether oxygens (including phenoxy) is 1. The van der Waals surface area contributed by atoms with Gasteiger partial charge in [0.2, 0.25) is 0 Å². The van der Waals surface area contributed by atoms with Gasteiger partial charge < -0.3 is 9.57 Å². The molecule has 1 unspecified atom stereocenters. The van der Waals surface area contributed by atoms with E-state index in [4.69, 9.17) is 4.74 Å². The van der Waals surface area contributed by atoms with Gasteiger partial charge >= 0.3 is 11.9 Å². The van der Waals surface area contributed by atoms with Gasteiger partial charge in [-0.3, -0.25) is 4.79 Å². The zero-order valence-electron chi connectivity index (χ0n) is 10.5. The van der Waals surface area contributed by atoms with E-state index in [0.717, 1.165) is 5.56 Å². The monoisotopic (exact) mass is 249 g/mol. The van der Waals surface area contributed by atoms with Gasteiger partial charge in [-0.2, -0.15) is 0 Å². The first-order chi connectivity index (χ1) is 8.50. The number of carbonyl (C=O) groups is 2. The van der Waals surface area contributed by atoms with E-state index in [1.165, 1.54) is 13.8 Å². The molecule has 1 atom stereocenters. The quantitative estimate of drug-likeness (QED) is 0.355. The molecule has 0 heterocycles. The highest BCUT2D eigenvalue weighted by molar-refractivity contribution is 5.89. The summed E-state index contributed by atoms with van der Waals surface area (Å²) in [6.45, 7) is 4.19. The highest BCUT2D eigenvalue weighted by Crippen LogP contribution is 2.19. The Kier molecular flexibility index (Phi) is 5.05. The molecular formula is C13H15NO4. The number of hydrogen-bond acceptors (Lipinski definition) is 5. The van der Waals surface area contributed by atoms with Crippen molar-refractivity contribution in [2.24, 2.45) is 5.16 Å². The Labute approximate surface area is 105 Å². The molecule has 5 heteroatoms. The molecule has 1 rings (SSSR count). The van der Waals surface area contributed by atoms with Crippen LogP contribution in [0.5, 0.6) is 0 Å². The van der Waals surface area contributed by atoms with Crippen LogP contribution in [0.3, 0.4) is 0 Å². The summed E-state index contributed by atoms with van der Waals surface area (Å²) in [5.41, 5.74) is 1.16. The molecule has 0 saturated heterocycles. The topological polar surface area (TPSA) is 65.0 Å². The minimum Gasteiger partial charge on any atom is -0.451 e. The number of benzene rings is 1. The first-order valence-corrected chi connectivity index (χ1v) is 5.45. The van der Waals surface area contributed by atoms with Crippen molar-refractivity contribution in [3.63, 3.8) is 0 Å². The second-order valence-electron chi connectivity index (χ2n) is 3.72. The average molecular weight is 249 g/mol. The molecule has 1 aromatic carbocycles. The second kappa shape index (κ2) is 6.54. The number of carbonyl (C=O) groups excluding carboxylic acids is 2. The zero-order valence-corrected chi connectivity index (χ0v) is 10.5. The summed E-state index contributed by atoms with van der Waals surface area (Å²) in [6, 6.07) is 9.11. The first-order valence-electron chi connectivity index (χ1n) is 5.45. The normalized spacial score (nSPS) is 12.7. The van der Waals surface area contributed by atoms with Gasteiger partial charge in [-0.25, -0.2) is 4.79 Å². The van der Waals surface area contributed by atoms with Crippen molar-refractivity contribution in [3.05, 3.63) is 35.9 Å². The third-order valence-corrected chi connectivity index (χ3v) is 2.08. The highest BCUT2D eigenvalue weighted by Gasteiger charge is 2.18. The van der Waals surface area contributed by atoms with Crippen LogP contribution in [0.25, 0.3) is 0 Å². The second-order valence-corrected chi connectivity index (χ2v) is 3.72. The Morgan fingerprint density at radius 2 is 1.67 bits per heavy atom. The number of rotatable bonds is 4. The van der Waals surface area contributed by atoms with Crippen molar-refractivity contribution in [2.75, 3.05) is 0 Å². The molecule has 0 radical (unpaired) electrons. The maximum Gasteiger partial charge on any atom is 0.331 e. The predicted molar refractivity (Wildman–Crippen MR) is 65.8 cm³/mol. The van der Waals surface area contributed by atoms with Gasteiger partial charge in [0.25, 0.3) is 0 Å². The van der Waals surface area contributed by atoms with Crippen LogP contribution in [0, 0.1) is 0 Å². The molecule has 1 aromatic rings. The Balaban J connectivity index is 2.95. The van der Waals surface area contributed by atoms with Gasteiger partial charge in [0.05, 0.1) is 5.71 Å². The Morgan fingerprint density at radius 1 is 1.06 bits per heavy atom. The molecule has 96 valence electrons. The maximum atomic E-state index is 11.1. The number of nitrogens with zero attached hydrogens (tertiary/aromatic N) is 1. The van der Waals surface area contributed by atoms with Crippen molar-refractivity contribution in [3.8, 4) is 0 Å². The molecule has 0 fully saturated rings. The van der Waals surface area contributed by atoms with E-state index in [1.807, 2.05) is 18.2 Å². The van der Waals surface area contributed by atoms with Crippen LogP contribution in [0.15, 0.2) is 35.5 Å². The number of esters is 1. The summed E-state index contributed by atoms with van der Waals surface area (Å²) in [5.74, 6) is -0.954. The summed E-state index contributed by atoms with van der Waals surface area (Å²) in [6.07, 6.45) is -0.650. The molecule has 0 amide bonds. The van der Waals surface area contributed by atoms with Crippen LogP contribution in [0.4, 0.5) is 0 Å². The molecule has 0 aliphatic rings. The van der Waals surface area contributed by atoms with Crippen LogP contribution in [0.1, 0.15) is 32.4 Å². The van der Waals surface area contributed by atoms with Gasteiger partial charge in [0, 0.05) is 13.8 Å². The smallest absolute Gasteiger partial charge is 0.331 e. The summed E-state index contributed by atoms with van der Waals surface area (Å²) in [5, 5.41) is 3.64. The lowest BCUT2D eigenvalue weighted by Gasteiger charge is -2.16. The summed E-state index contributed by atoms with van der Waals surface area (Å²) in [7, 11) is 0. The molecule has 0 aliphatic heterocycles. The molecule has 18 heavy (non-hydrogen) atoms. The fourth-order valence-corrected chi connectivity index (χ4v) is 1.37. The largest absolute Gasteiger partial charge is 0.451 e. The van der Waals surface area contributed by atoms with E-state index < -0.39 is 18.0 Å². The van der Waals surface area contributed by atoms with Crippen molar-refractivity contribution in [1.82, 2.24) is 0 Å². The molecule has 0 N–H and O–H groups in total. The Hall–Kier alpha value is -2.17. The maximum absolute atomic E-state index is 11.1. The summed E-state index contributed by atoms with van der Waals surface area (Å²) < 4.78 is 5.17. The molecule has 0 bridgehead atoms. The van der Waals surface area contributed by atoms with Crippen LogP contribution in [0.2, 0.25) is 0 Å². The van der Waals surface area contributed by atoms with Crippen molar-refractivity contribution < 1.29 is 19.2 Å². The van der Waals surface area contributed by atoms with Gasteiger partial charge in [0.1, 0.15) is 0 Å². The fourth-order valence-electron chi connectivity index (χ4n) is 1.37. The SMILES string of the molecule is CC(=O)O/N=C(\C)C(OC(C)=O)c1ccccc1. The number of oxime groups is 1. The van der Waals surface area contributed by atoms with Gasteiger partial charge in [-0.05, 0) is 12.5 Å². The highest BCUT2D eigenvalue weighted by atomic mass is 16.7. The van der Waals surface area contributed by atoms with Gasteiger partial charge in [-0.15, -0.1) is 0 Å². The molecule has 0 spiro atoms. The predicted octanol–water partition coefficient (Wildman–Crippen LogP) is 2.23. The van der Waals surface area contributed by atoms with Crippen molar-refractivity contribution >= 4 is 17.7 Å². The standard InChI is InChI=1S/C13H15NO4/c1-9(14-18-11(3)16)13(17-10(2)15)12-7-5-4-6-8-12/h4-8,13H,1-3H3/b14-9+. The van der Waals surface area contributed by atoms with Gasteiger partial charge in [0.15, 0.2) is 6.10 Å². The van der Waals surface area contributed by atoms with E-state index in [9.17, 15) is 9.59 Å². The fraction of sp³-hybridized carbons (Fsp3) is 0.308. The zero-order chi connectivity index (χ0) is 13.5. The minimum atomic E-state index is -0.650. The van der Waals surface area contributed by atoms with Crippen molar-refractivity contribution in [1.29, 1.82) is 0 Å². The van der Waals surface area contributed by atoms with Crippen LogP contribution in [-0.4, -0.2) is 17.7 Å². The van der Waals surface area contributed by atoms with E-state index in [0.29, 0.717) is 5.71 Å². The molecule has 0 aliphatic carbocycles. The molecule has 0 aromatic heterocycles. The Morgan fingerprint density at radius 3 is 2.17 bits per heavy atom. The van der Waals surface area contributed by atoms with E-state index in [1.54, 1.807) is 19.1 Å². The summed E-state index contributed by atoms with van der Waals surface area (Å²) in [4.78, 5) is 26.3.